The lowest BCUT2D eigenvalue weighted by Gasteiger charge is -2.18. The highest BCUT2D eigenvalue weighted by atomic mass is 32.2. The zero-order chi connectivity index (χ0) is 22.1. The Morgan fingerprint density at radius 3 is 2.60 bits per heavy atom. The molecule has 0 bridgehead atoms. The molecule has 0 radical (unpaired) electrons. The number of aryl methyl sites for hydroxylation is 2. The molecule has 2 N–H and O–H groups in total. The van der Waals surface area contributed by atoms with Crippen molar-refractivity contribution >= 4 is 27.5 Å². The predicted octanol–water partition coefficient (Wildman–Crippen LogP) is 2.31. The Morgan fingerprint density at radius 2 is 1.90 bits per heavy atom. The van der Waals surface area contributed by atoms with Crippen molar-refractivity contribution in [1.29, 1.82) is 0 Å². The maximum atomic E-state index is 13.5. The molecule has 2 amide bonds. The van der Waals surface area contributed by atoms with E-state index in [4.69, 9.17) is 0 Å². The van der Waals surface area contributed by atoms with E-state index < -0.39 is 27.7 Å². The lowest BCUT2D eigenvalue weighted by atomic mass is 9.97. The number of hydrogen-bond acceptors (Lipinski definition) is 4. The van der Waals surface area contributed by atoms with Gasteiger partial charge >= 0.3 is 0 Å². The van der Waals surface area contributed by atoms with E-state index in [0.717, 1.165) is 15.4 Å². The largest absolute Gasteiger partial charge is 0.355 e. The molecule has 2 aromatic rings. The lowest BCUT2D eigenvalue weighted by Crippen LogP contribution is -2.39. The maximum Gasteiger partial charge on any atom is 0.243 e. The molecule has 7 nitrogen and oxygen atoms in total. The van der Waals surface area contributed by atoms with Gasteiger partial charge in [0.25, 0.3) is 0 Å². The minimum Gasteiger partial charge on any atom is -0.355 e. The van der Waals surface area contributed by atoms with Crippen molar-refractivity contribution < 1.29 is 22.4 Å². The van der Waals surface area contributed by atoms with Crippen molar-refractivity contribution in [3.05, 3.63) is 58.9 Å². The highest BCUT2D eigenvalue weighted by molar-refractivity contribution is 7.89. The van der Waals surface area contributed by atoms with Gasteiger partial charge in [-0.2, -0.15) is 4.31 Å². The molecule has 0 spiro atoms. The molecule has 1 aliphatic rings. The molecule has 0 saturated heterocycles. The fourth-order valence-electron chi connectivity index (χ4n) is 3.34. The minimum atomic E-state index is -3.80. The summed E-state index contributed by atoms with van der Waals surface area (Å²) in [7, 11) is -2.46. The first-order chi connectivity index (χ1) is 14.1. The number of benzene rings is 2. The first-order valence-electron chi connectivity index (χ1n) is 9.50. The monoisotopic (exact) mass is 433 g/mol. The summed E-state index contributed by atoms with van der Waals surface area (Å²) in [5.74, 6) is -1.73. The van der Waals surface area contributed by atoms with Crippen LogP contribution in [0, 0.1) is 19.7 Å². The predicted molar refractivity (Wildman–Crippen MR) is 111 cm³/mol. The molecule has 30 heavy (non-hydrogen) atoms. The molecule has 0 fully saturated rings. The zero-order valence-corrected chi connectivity index (χ0v) is 17.8. The number of nitrogens with zero attached hydrogens (tertiary/aromatic N) is 1. The Balaban J connectivity index is 1.56. The van der Waals surface area contributed by atoms with Crippen LogP contribution < -0.4 is 10.6 Å². The average molecular weight is 434 g/mol. The SMILES string of the molecule is Cc1ccc(S(=O)(=O)N(C)CC(=O)NCCC2C(=O)Nc3ccc(F)cc32)cc1C. The Morgan fingerprint density at radius 1 is 1.17 bits per heavy atom. The van der Waals surface area contributed by atoms with Crippen LogP contribution in [0.5, 0.6) is 0 Å². The van der Waals surface area contributed by atoms with Crippen molar-refractivity contribution in [3.63, 3.8) is 0 Å². The molecule has 1 heterocycles. The molecular formula is C21H24FN3O4S. The summed E-state index contributed by atoms with van der Waals surface area (Å²) < 4.78 is 39.8. The number of hydrogen-bond donors (Lipinski definition) is 2. The van der Waals surface area contributed by atoms with E-state index in [1.54, 1.807) is 12.1 Å². The van der Waals surface area contributed by atoms with Crippen LogP contribution in [0.3, 0.4) is 0 Å². The van der Waals surface area contributed by atoms with Crippen LogP contribution >= 0.6 is 0 Å². The lowest BCUT2D eigenvalue weighted by molar-refractivity contribution is -0.121. The fraction of sp³-hybridized carbons (Fsp3) is 0.333. The Hall–Kier alpha value is -2.78. The number of sulfonamides is 1. The van der Waals surface area contributed by atoms with Gasteiger partial charge in [-0.15, -0.1) is 0 Å². The number of carbonyl (C=O) groups excluding carboxylic acids is 2. The van der Waals surface area contributed by atoms with Gasteiger partial charge < -0.3 is 10.6 Å². The second kappa shape index (κ2) is 8.53. The van der Waals surface area contributed by atoms with Crippen LogP contribution in [0.4, 0.5) is 10.1 Å². The topological polar surface area (TPSA) is 95.6 Å². The van der Waals surface area contributed by atoms with Gasteiger partial charge in [-0.25, -0.2) is 12.8 Å². The van der Waals surface area contributed by atoms with Gasteiger partial charge in [-0.05, 0) is 67.3 Å². The number of fused-ring (bicyclic) bond motifs is 1. The Kier molecular flexibility index (Phi) is 6.23. The van der Waals surface area contributed by atoms with E-state index >= 15 is 0 Å². The quantitative estimate of drug-likeness (QED) is 0.701. The first-order valence-corrected chi connectivity index (χ1v) is 10.9. The van der Waals surface area contributed by atoms with Crippen molar-refractivity contribution in [2.24, 2.45) is 0 Å². The molecule has 9 heteroatoms. The Labute approximate surface area is 175 Å². The molecule has 160 valence electrons. The van der Waals surface area contributed by atoms with Crippen LogP contribution in [0.25, 0.3) is 0 Å². The molecule has 1 atom stereocenters. The van der Waals surface area contributed by atoms with Crippen LogP contribution in [-0.2, 0) is 19.6 Å². The van der Waals surface area contributed by atoms with Crippen LogP contribution in [-0.4, -0.2) is 44.7 Å². The van der Waals surface area contributed by atoms with Crippen molar-refractivity contribution in [1.82, 2.24) is 9.62 Å². The molecular weight excluding hydrogens is 409 g/mol. The van der Waals surface area contributed by atoms with Crippen LogP contribution in [0.15, 0.2) is 41.3 Å². The van der Waals surface area contributed by atoms with Gasteiger partial charge in [0.2, 0.25) is 21.8 Å². The number of likely N-dealkylation sites (N-methyl/N-ethyl adjacent to an activating group) is 1. The number of nitrogens with one attached hydrogen (secondary N) is 2. The van der Waals surface area contributed by atoms with Crippen LogP contribution in [0.1, 0.15) is 29.0 Å². The third kappa shape index (κ3) is 4.52. The number of anilines is 1. The van der Waals surface area contributed by atoms with E-state index in [9.17, 15) is 22.4 Å². The van der Waals surface area contributed by atoms with Crippen molar-refractivity contribution in [2.75, 3.05) is 25.5 Å². The number of halogens is 1. The molecule has 0 saturated carbocycles. The van der Waals surface area contributed by atoms with E-state index in [0.29, 0.717) is 11.3 Å². The standard InChI is InChI=1S/C21H24FN3O4S/c1-13-4-6-16(10-14(13)2)30(28,29)25(3)12-20(26)23-9-8-17-18-11-15(22)5-7-19(18)24-21(17)27/h4-7,10-11,17H,8-9,12H2,1-3H3,(H,23,26)(H,24,27). The summed E-state index contributed by atoms with van der Waals surface area (Å²) in [5, 5.41) is 5.32. The maximum absolute atomic E-state index is 13.5. The summed E-state index contributed by atoms with van der Waals surface area (Å²) in [6.07, 6.45) is 0.279. The normalized spacial score (nSPS) is 15.8. The molecule has 1 aliphatic heterocycles. The van der Waals surface area contributed by atoms with E-state index in [1.807, 2.05) is 13.8 Å². The van der Waals surface area contributed by atoms with Gasteiger partial charge in [-0.1, -0.05) is 6.07 Å². The third-order valence-corrected chi connectivity index (χ3v) is 7.07. The highest BCUT2D eigenvalue weighted by Crippen LogP contribution is 2.34. The summed E-state index contributed by atoms with van der Waals surface area (Å²) in [6.45, 7) is 3.52. The van der Waals surface area contributed by atoms with Crippen molar-refractivity contribution in [2.45, 2.75) is 31.1 Å². The summed E-state index contributed by atoms with van der Waals surface area (Å²) >= 11 is 0. The summed E-state index contributed by atoms with van der Waals surface area (Å²) in [4.78, 5) is 24.5. The van der Waals surface area contributed by atoms with E-state index in [-0.39, 0.29) is 30.3 Å². The molecule has 0 aromatic heterocycles. The fourth-order valence-corrected chi connectivity index (χ4v) is 4.55. The van der Waals surface area contributed by atoms with Crippen molar-refractivity contribution in [3.8, 4) is 0 Å². The number of rotatable bonds is 7. The first kappa shape index (κ1) is 21.9. The third-order valence-electron chi connectivity index (χ3n) is 5.27. The van der Waals surface area contributed by atoms with Crippen LogP contribution in [0.2, 0.25) is 0 Å². The van der Waals surface area contributed by atoms with E-state index in [1.165, 1.54) is 31.3 Å². The van der Waals surface area contributed by atoms with Gasteiger partial charge in [0.1, 0.15) is 5.82 Å². The average Bonchev–Trinajstić information content (AvgIpc) is 2.98. The zero-order valence-electron chi connectivity index (χ0n) is 17.0. The molecule has 1 unspecified atom stereocenters. The second-order valence-corrected chi connectivity index (χ2v) is 9.46. The highest BCUT2D eigenvalue weighted by Gasteiger charge is 2.30. The molecule has 0 aliphatic carbocycles. The van der Waals surface area contributed by atoms with Gasteiger partial charge in [0.05, 0.1) is 17.4 Å². The number of carbonyl (C=O) groups is 2. The summed E-state index contributed by atoms with van der Waals surface area (Å²) in [5.41, 5.74) is 2.95. The van der Waals surface area contributed by atoms with Gasteiger partial charge in [0, 0.05) is 19.3 Å². The summed E-state index contributed by atoms with van der Waals surface area (Å²) in [6, 6.07) is 8.91. The molecule has 3 rings (SSSR count). The molecule has 2 aromatic carbocycles. The van der Waals surface area contributed by atoms with Gasteiger partial charge in [-0.3, -0.25) is 9.59 Å². The number of amides is 2. The minimum absolute atomic E-state index is 0.127. The van der Waals surface area contributed by atoms with Gasteiger partial charge in [0.15, 0.2) is 0 Å². The second-order valence-electron chi connectivity index (χ2n) is 7.42. The smallest absolute Gasteiger partial charge is 0.243 e. The Bertz CT molecular complexity index is 1100. The van der Waals surface area contributed by atoms with E-state index in [2.05, 4.69) is 10.6 Å².